The summed E-state index contributed by atoms with van der Waals surface area (Å²) in [6.45, 7) is 6.16. The molecule has 0 radical (unpaired) electrons. The summed E-state index contributed by atoms with van der Waals surface area (Å²) in [5.74, 6) is 0.229. The normalized spacial score (nSPS) is 12.1. The molecule has 0 saturated heterocycles. The number of nitrogens with one attached hydrogen (secondary N) is 1. The fourth-order valence-corrected chi connectivity index (χ4v) is 3.57. The van der Waals surface area contributed by atoms with Gasteiger partial charge in [-0.15, -0.1) is 0 Å². The van der Waals surface area contributed by atoms with Crippen LogP contribution >= 0.6 is 0 Å². The van der Waals surface area contributed by atoms with Crippen LogP contribution in [0, 0.1) is 20.8 Å². The first-order valence-corrected chi connectivity index (χ1v) is 9.51. The molecule has 140 valence electrons. The van der Waals surface area contributed by atoms with Gasteiger partial charge in [0.15, 0.2) is 0 Å². The van der Waals surface area contributed by atoms with Gasteiger partial charge in [-0.3, -0.25) is 0 Å². The number of anilines is 1. The Labute approximate surface area is 165 Å². The zero-order valence-corrected chi connectivity index (χ0v) is 16.4. The highest BCUT2D eigenvalue weighted by molar-refractivity contribution is 5.86. The lowest BCUT2D eigenvalue weighted by Crippen LogP contribution is -2.14. The lowest BCUT2D eigenvalue weighted by molar-refractivity contribution is 0.471. The molecule has 4 rings (SSSR count). The van der Waals surface area contributed by atoms with E-state index in [2.05, 4.69) is 54.5 Å². The van der Waals surface area contributed by atoms with E-state index in [4.69, 9.17) is 0 Å². The van der Waals surface area contributed by atoms with Gasteiger partial charge >= 0.3 is 0 Å². The highest BCUT2D eigenvalue weighted by atomic mass is 16.3. The summed E-state index contributed by atoms with van der Waals surface area (Å²) >= 11 is 0. The fraction of sp³-hybridized carbons (Fsp3) is 0.160. The number of nitrogens with zero attached hydrogens (tertiary/aromatic N) is 1. The van der Waals surface area contributed by atoms with Crippen molar-refractivity contribution < 1.29 is 5.11 Å². The van der Waals surface area contributed by atoms with Gasteiger partial charge in [0.25, 0.3) is 0 Å². The molecule has 0 bridgehead atoms. The average Bonchev–Trinajstić information content (AvgIpc) is 2.71. The van der Waals surface area contributed by atoms with Crippen molar-refractivity contribution in [2.24, 2.45) is 0 Å². The number of phenols is 1. The molecular formula is C25H24N2O. The second-order valence-corrected chi connectivity index (χ2v) is 7.26. The highest BCUT2D eigenvalue weighted by Crippen LogP contribution is 2.37. The Hall–Kier alpha value is -3.33. The van der Waals surface area contributed by atoms with Crippen LogP contribution in [0.1, 0.15) is 34.0 Å². The number of aryl methyl sites for hydroxylation is 2. The number of hydrogen-bond donors (Lipinski definition) is 2. The second kappa shape index (κ2) is 7.35. The molecule has 0 saturated carbocycles. The van der Waals surface area contributed by atoms with Crippen molar-refractivity contribution in [1.29, 1.82) is 0 Å². The summed E-state index contributed by atoms with van der Waals surface area (Å²) in [5.41, 5.74) is 6.93. The molecule has 28 heavy (non-hydrogen) atoms. The van der Waals surface area contributed by atoms with Crippen LogP contribution in [-0.2, 0) is 0 Å². The number of hydrogen-bond acceptors (Lipinski definition) is 3. The maximum atomic E-state index is 11.1. The van der Waals surface area contributed by atoms with Gasteiger partial charge in [0.1, 0.15) is 11.3 Å². The molecular weight excluding hydrogens is 344 g/mol. The highest BCUT2D eigenvalue weighted by Gasteiger charge is 2.20. The maximum Gasteiger partial charge on any atom is 0.147 e. The Kier molecular flexibility index (Phi) is 4.74. The Bertz CT molecular complexity index is 1140. The predicted molar refractivity (Wildman–Crippen MR) is 116 cm³/mol. The van der Waals surface area contributed by atoms with Crippen LogP contribution < -0.4 is 5.32 Å². The number of benzene rings is 3. The third-order valence-electron chi connectivity index (χ3n) is 5.35. The minimum Gasteiger partial charge on any atom is -0.505 e. The van der Waals surface area contributed by atoms with E-state index in [0.29, 0.717) is 5.52 Å². The Morgan fingerprint density at radius 3 is 2.36 bits per heavy atom. The van der Waals surface area contributed by atoms with Gasteiger partial charge in [-0.1, -0.05) is 60.7 Å². The molecule has 0 fully saturated rings. The summed E-state index contributed by atoms with van der Waals surface area (Å²) < 4.78 is 0. The number of aromatic nitrogens is 1. The van der Waals surface area contributed by atoms with E-state index in [1.54, 1.807) is 0 Å². The largest absolute Gasteiger partial charge is 0.505 e. The Morgan fingerprint density at radius 2 is 1.57 bits per heavy atom. The molecule has 0 amide bonds. The molecule has 2 N–H and O–H groups in total. The van der Waals surface area contributed by atoms with Crippen LogP contribution in [0.5, 0.6) is 5.75 Å². The maximum absolute atomic E-state index is 11.1. The summed E-state index contributed by atoms with van der Waals surface area (Å²) in [7, 11) is 0. The summed E-state index contributed by atoms with van der Waals surface area (Å²) in [5, 5.41) is 15.7. The van der Waals surface area contributed by atoms with Crippen LogP contribution in [0.25, 0.3) is 10.9 Å². The number of phenolic OH excluding ortho intramolecular Hbond substituents is 1. The van der Waals surface area contributed by atoms with Crippen LogP contribution in [0.3, 0.4) is 0 Å². The van der Waals surface area contributed by atoms with Gasteiger partial charge in [-0.2, -0.15) is 0 Å². The summed E-state index contributed by atoms with van der Waals surface area (Å²) in [6, 6.07) is 24.2. The lowest BCUT2D eigenvalue weighted by Gasteiger charge is -2.24. The Balaban J connectivity index is 1.88. The van der Waals surface area contributed by atoms with Crippen molar-refractivity contribution in [2.75, 3.05) is 5.32 Å². The zero-order chi connectivity index (χ0) is 19.7. The number of rotatable bonds is 4. The smallest absolute Gasteiger partial charge is 0.147 e. The van der Waals surface area contributed by atoms with Crippen molar-refractivity contribution in [3.8, 4) is 5.75 Å². The molecule has 4 aromatic rings. The first-order chi connectivity index (χ1) is 13.5. The van der Waals surface area contributed by atoms with E-state index < -0.39 is 0 Å². The van der Waals surface area contributed by atoms with E-state index in [1.165, 1.54) is 11.1 Å². The quantitative estimate of drug-likeness (QED) is 0.460. The molecule has 0 spiro atoms. The molecule has 3 nitrogen and oxygen atoms in total. The summed E-state index contributed by atoms with van der Waals surface area (Å²) in [4.78, 5) is 4.57. The molecule has 3 aromatic carbocycles. The van der Waals surface area contributed by atoms with Gasteiger partial charge in [-0.25, -0.2) is 4.98 Å². The van der Waals surface area contributed by atoms with Gasteiger partial charge in [0.2, 0.25) is 0 Å². The standard InChI is InChI=1S/C25H24N2O/c1-16-8-7-11-22(18(16)3)27-23(19-9-5-4-6-10-19)21-15-14-20-13-12-17(2)26-24(20)25(21)28/h4-15,23,27-28H,1-3H3. The van der Waals surface area contributed by atoms with E-state index in [0.717, 1.165) is 27.9 Å². The van der Waals surface area contributed by atoms with Crippen molar-refractivity contribution in [3.05, 3.63) is 101 Å². The first kappa shape index (κ1) is 18.1. The lowest BCUT2D eigenvalue weighted by atomic mass is 9.95. The van der Waals surface area contributed by atoms with Gasteiger partial charge in [-0.05, 0) is 49.6 Å². The van der Waals surface area contributed by atoms with Crippen molar-refractivity contribution in [1.82, 2.24) is 4.98 Å². The van der Waals surface area contributed by atoms with E-state index in [9.17, 15) is 5.11 Å². The third kappa shape index (κ3) is 3.31. The van der Waals surface area contributed by atoms with Crippen LogP contribution in [0.4, 0.5) is 5.69 Å². The SMILES string of the molecule is Cc1ccc2ccc(C(Nc3cccc(C)c3C)c3ccccc3)c(O)c2n1. The molecule has 0 aliphatic rings. The van der Waals surface area contributed by atoms with Gasteiger partial charge < -0.3 is 10.4 Å². The average molecular weight is 368 g/mol. The molecule has 1 heterocycles. The fourth-order valence-electron chi connectivity index (χ4n) is 3.57. The van der Waals surface area contributed by atoms with Crippen molar-refractivity contribution in [3.63, 3.8) is 0 Å². The monoisotopic (exact) mass is 368 g/mol. The van der Waals surface area contributed by atoms with Crippen LogP contribution in [0.2, 0.25) is 0 Å². The predicted octanol–water partition coefficient (Wildman–Crippen LogP) is 6.07. The minimum atomic E-state index is -0.187. The Morgan fingerprint density at radius 1 is 0.821 bits per heavy atom. The minimum absolute atomic E-state index is 0.187. The van der Waals surface area contributed by atoms with Crippen molar-refractivity contribution in [2.45, 2.75) is 26.8 Å². The molecule has 1 atom stereocenters. The number of aromatic hydroxyl groups is 1. The van der Waals surface area contributed by atoms with E-state index in [1.807, 2.05) is 49.4 Å². The second-order valence-electron chi connectivity index (χ2n) is 7.26. The molecule has 1 aromatic heterocycles. The van der Waals surface area contributed by atoms with Crippen molar-refractivity contribution >= 4 is 16.6 Å². The zero-order valence-electron chi connectivity index (χ0n) is 16.4. The molecule has 0 aliphatic heterocycles. The molecule has 3 heteroatoms. The third-order valence-corrected chi connectivity index (χ3v) is 5.35. The number of pyridine rings is 1. The van der Waals surface area contributed by atoms with Crippen LogP contribution in [0.15, 0.2) is 72.8 Å². The first-order valence-electron chi connectivity index (χ1n) is 9.51. The molecule has 0 aliphatic carbocycles. The summed E-state index contributed by atoms with van der Waals surface area (Å²) in [6.07, 6.45) is 0. The number of fused-ring (bicyclic) bond motifs is 1. The van der Waals surface area contributed by atoms with Gasteiger partial charge in [0, 0.05) is 22.3 Å². The van der Waals surface area contributed by atoms with Gasteiger partial charge in [0.05, 0.1) is 6.04 Å². The van der Waals surface area contributed by atoms with E-state index >= 15 is 0 Å². The van der Waals surface area contributed by atoms with E-state index in [-0.39, 0.29) is 11.8 Å². The van der Waals surface area contributed by atoms with Crippen LogP contribution in [-0.4, -0.2) is 10.1 Å². The molecule has 1 unspecified atom stereocenters. The topological polar surface area (TPSA) is 45.1 Å².